The van der Waals surface area contributed by atoms with E-state index in [4.69, 9.17) is 5.73 Å². The van der Waals surface area contributed by atoms with E-state index in [0.29, 0.717) is 6.04 Å². The van der Waals surface area contributed by atoms with Gasteiger partial charge >= 0.3 is 0 Å². The Balaban J connectivity index is 1.78. The van der Waals surface area contributed by atoms with Crippen LogP contribution in [0.3, 0.4) is 0 Å². The van der Waals surface area contributed by atoms with Crippen LogP contribution in [0.1, 0.15) is 76.8 Å². The van der Waals surface area contributed by atoms with Crippen LogP contribution in [-0.4, -0.2) is 6.04 Å². The van der Waals surface area contributed by atoms with Gasteiger partial charge in [-0.15, -0.1) is 0 Å². The van der Waals surface area contributed by atoms with Crippen LogP contribution in [0.25, 0.3) is 0 Å². The molecule has 1 saturated carbocycles. The van der Waals surface area contributed by atoms with Gasteiger partial charge in [-0.1, -0.05) is 77.1 Å². The molecule has 1 unspecified atom stereocenters. The lowest BCUT2D eigenvalue weighted by atomic mass is 9.84. The first-order valence-electron chi connectivity index (χ1n) is 8.80. The molecule has 0 amide bonds. The fourth-order valence-electron chi connectivity index (χ4n) is 3.47. The number of rotatable bonds is 5. The summed E-state index contributed by atoms with van der Waals surface area (Å²) in [6.07, 6.45) is 10.7. The van der Waals surface area contributed by atoms with Crippen LogP contribution in [0.5, 0.6) is 0 Å². The molecule has 118 valence electrons. The van der Waals surface area contributed by atoms with Crippen molar-refractivity contribution < 1.29 is 0 Å². The molecule has 0 bridgehead atoms. The molecule has 0 heterocycles. The van der Waals surface area contributed by atoms with E-state index >= 15 is 0 Å². The fraction of sp³-hybridized carbons (Fsp3) is 0.700. The molecule has 0 aliphatic heterocycles. The summed E-state index contributed by atoms with van der Waals surface area (Å²) in [5.41, 5.74) is 9.38. The van der Waals surface area contributed by atoms with E-state index in [1.807, 2.05) is 0 Å². The predicted octanol–water partition coefficient (Wildman–Crippen LogP) is 5.21. The largest absolute Gasteiger partial charge is 0.327 e. The molecule has 0 aromatic heterocycles. The highest BCUT2D eigenvalue weighted by Gasteiger charge is 2.16. The molecule has 0 saturated heterocycles. The van der Waals surface area contributed by atoms with Gasteiger partial charge in [-0.05, 0) is 41.7 Å². The molecule has 1 aliphatic carbocycles. The third-order valence-electron chi connectivity index (χ3n) is 4.99. The molecular weight excluding hydrogens is 254 g/mol. The van der Waals surface area contributed by atoms with Crippen molar-refractivity contribution >= 4 is 0 Å². The maximum atomic E-state index is 6.35. The molecule has 1 aromatic carbocycles. The van der Waals surface area contributed by atoms with Crippen molar-refractivity contribution in [2.45, 2.75) is 83.6 Å². The fourth-order valence-corrected chi connectivity index (χ4v) is 3.47. The van der Waals surface area contributed by atoms with Gasteiger partial charge in [0.05, 0.1) is 0 Å². The smallest absolute Gasteiger partial charge is 0.00794 e. The Morgan fingerprint density at radius 3 is 2.24 bits per heavy atom. The summed E-state index contributed by atoms with van der Waals surface area (Å²) < 4.78 is 0. The Kier molecular flexibility index (Phi) is 5.87. The van der Waals surface area contributed by atoms with Gasteiger partial charge in [0.15, 0.2) is 0 Å². The molecule has 21 heavy (non-hydrogen) atoms. The third kappa shape index (κ3) is 5.47. The van der Waals surface area contributed by atoms with E-state index in [9.17, 15) is 0 Å². The number of nitrogens with two attached hydrogens (primary N) is 1. The molecule has 0 spiro atoms. The molecule has 1 aliphatic rings. The van der Waals surface area contributed by atoms with Crippen LogP contribution < -0.4 is 5.73 Å². The number of hydrogen-bond acceptors (Lipinski definition) is 1. The summed E-state index contributed by atoms with van der Waals surface area (Å²) in [4.78, 5) is 0. The van der Waals surface area contributed by atoms with E-state index in [-0.39, 0.29) is 5.41 Å². The first kappa shape index (κ1) is 16.5. The zero-order chi connectivity index (χ0) is 15.3. The average Bonchev–Trinajstić information content (AvgIpc) is 2.46. The quantitative estimate of drug-likeness (QED) is 0.790. The summed E-state index contributed by atoms with van der Waals surface area (Å²) >= 11 is 0. The van der Waals surface area contributed by atoms with Crippen LogP contribution >= 0.6 is 0 Å². The van der Waals surface area contributed by atoms with Crippen molar-refractivity contribution in [1.82, 2.24) is 0 Å². The van der Waals surface area contributed by atoms with E-state index < -0.39 is 0 Å². The van der Waals surface area contributed by atoms with Gasteiger partial charge in [0.1, 0.15) is 0 Å². The first-order valence-corrected chi connectivity index (χ1v) is 8.80. The monoisotopic (exact) mass is 287 g/mol. The first-order chi connectivity index (χ1) is 9.95. The normalized spacial score (nSPS) is 18.7. The van der Waals surface area contributed by atoms with E-state index in [1.54, 1.807) is 0 Å². The molecule has 2 N–H and O–H groups in total. The minimum Gasteiger partial charge on any atom is -0.327 e. The predicted molar refractivity (Wildman–Crippen MR) is 92.6 cm³/mol. The molecule has 1 nitrogen and oxygen atoms in total. The Labute approximate surface area is 131 Å². The summed E-state index contributed by atoms with van der Waals surface area (Å²) in [5.74, 6) is 0.952. The molecule has 1 fully saturated rings. The topological polar surface area (TPSA) is 26.0 Å². The Hall–Kier alpha value is -0.820. The van der Waals surface area contributed by atoms with Crippen molar-refractivity contribution in [2.75, 3.05) is 0 Å². The second kappa shape index (κ2) is 7.45. The van der Waals surface area contributed by atoms with Crippen LogP contribution in [0, 0.1) is 5.92 Å². The van der Waals surface area contributed by atoms with Gasteiger partial charge in [0.2, 0.25) is 0 Å². The van der Waals surface area contributed by atoms with Gasteiger partial charge in [0.25, 0.3) is 0 Å². The standard InChI is InChI=1S/C20H33N/c1-20(2,3)18-12-9-17(10-13-18)15-19(21)14-11-16-7-5-4-6-8-16/h9-10,12-13,16,19H,4-8,11,14-15,21H2,1-3H3. The third-order valence-corrected chi connectivity index (χ3v) is 4.99. The van der Waals surface area contributed by atoms with Crippen molar-refractivity contribution in [2.24, 2.45) is 11.7 Å². The zero-order valence-corrected chi connectivity index (χ0v) is 14.2. The minimum atomic E-state index is 0.238. The maximum absolute atomic E-state index is 6.35. The maximum Gasteiger partial charge on any atom is 0.00794 e. The van der Waals surface area contributed by atoms with E-state index in [0.717, 1.165) is 12.3 Å². The van der Waals surface area contributed by atoms with Gasteiger partial charge in [-0.2, -0.15) is 0 Å². The lowest BCUT2D eigenvalue weighted by Crippen LogP contribution is -2.24. The lowest BCUT2D eigenvalue weighted by Gasteiger charge is -2.23. The highest BCUT2D eigenvalue weighted by molar-refractivity contribution is 5.27. The Bertz CT molecular complexity index is 406. The number of benzene rings is 1. The zero-order valence-electron chi connectivity index (χ0n) is 14.2. The molecule has 0 radical (unpaired) electrons. The summed E-state index contributed by atoms with van der Waals surface area (Å²) in [5, 5.41) is 0. The number of hydrogen-bond donors (Lipinski definition) is 1. The van der Waals surface area contributed by atoms with Gasteiger partial charge in [-0.3, -0.25) is 0 Å². The minimum absolute atomic E-state index is 0.238. The average molecular weight is 287 g/mol. The Morgan fingerprint density at radius 2 is 1.67 bits per heavy atom. The summed E-state index contributed by atoms with van der Waals surface area (Å²) in [6, 6.07) is 9.39. The van der Waals surface area contributed by atoms with Crippen LogP contribution in [0.4, 0.5) is 0 Å². The van der Waals surface area contributed by atoms with Crippen LogP contribution in [-0.2, 0) is 11.8 Å². The SMILES string of the molecule is CC(C)(C)c1ccc(CC(N)CCC2CCCCC2)cc1. The van der Waals surface area contributed by atoms with Crippen molar-refractivity contribution in [3.63, 3.8) is 0 Å². The van der Waals surface area contributed by atoms with Gasteiger partial charge in [-0.25, -0.2) is 0 Å². The van der Waals surface area contributed by atoms with Crippen LogP contribution in [0.2, 0.25) is 0 Å². The Morgan fingerprint density at radius 1 is 1.05 bits per heavy atom. The van der Waals surface area contributed by atoms with Gasteiger partial charge in [0, 0.05) is 6.04 Å². The summed E-state index contributed by atoms with van der Waals surface area (Å²) in [7, 11) is 0. The van der Waals surface area contributed by atoms with Crippen molar-refractivity contribution in [3.8, 4) is 0 Å². The lowest BCUT2D eigenvalue weighted by molar-refractivity contribution is 0.323. The van der Waals surface area contributed by atoms with Crippen molar-refractivity contribution in [3.05, 3.63) is 35.4 Å². The molecular formula is C20H33N. The van der Waals surface area contributed by atoms with E-state index in [1.165, 1.54) is 56.1 Å². The molecule has 1 aromatic rings. The molecule has 1 heteroatoms. The second-order valence-electron chi connectivity index (χ2n) is 7.99. The highest BCUT2D eigenvalue weighted by Crippen LogP contribution is 2.28. The molecule has 2 rings (SSSR count). The summed E-state index contributed by atoms with van der Waals surface area (Å²) in [6.45, 7) is 6.79. The second-order valence-corrected chi connectivity index (χ2v) is 7.99. The van der Waals surface area contributed by atoms with Crippen LogP contribution in [0.15, 0.2) is 24.3 Å². The molecule has 1 atom stereocenters. The highest BCUT2D eigenvalue weighted by atomic mass is 14.6. The van der Waals surface area contributed by atoms with E-state index in [2.05, 4.69) is 45.0 Å². The van der Waals surface area contributed by atoms with Gasteiger partial charge < -0.3 is 5.73 Å². The van der Waals surface area contributed by atoms with Crippen molar-refractivity contribution in [1.29, 1.82) is 0 Å².